The number of rotatable bonds is 6. The van der Waals surface area contributed by atoms with E-state index in [1.807, 2.05) is 39.8 Å². The molecule has 0 bridgehead atoms. The first-order valence-corrected chi connectivity index (χ1v) is 13.2. The summed E-state index contributed by atoms with van der Waals surface area (Å²) < 4.78 is 0. The number of likely N-dealkylation sites (N-methyl/N-ethyl adjacent to an activating group) is 1. The molecule has 1 saturated heterocycles. The van der Waals surface area contributed by atoms with Gasteiger partial charge in [-0.3, -0.25) is 0 Å². The minimum Gasteiger partial charge on any atom is -0.369 e. The fourth-order valence-electron chi connectivity index (χ4n) is 4.65. The maximum Gasteiger partial charge on any atom is 0.157 e. The van der Waals surface area contributed by atoms with Crippen LogP contribution in [0.5, 0.6) is 0 Å². The van der Waals surface area contributed by atoms with Crippen molar-refractivity contribution in [1.29, 1.82) is 5.26 Å². The van der Waals surface area contributed by atoms with Gasteiger partial charge >= 0.3 is 0 Å². The standard InChI is InChI=1S/C28H38N6.C2H6/c1-8-10-24(34-15-13-33(7)14-16-34)17-26-27(19(2)3)22(6)31-32-28(26)30-21(5)25-12-9-11-23(18-29)20(25)4;1-2/h9-12,17,21H,8,13-16H2,1-7H3,(H,30,32);1-2H3/b24-10-,26-17+;/t21-;/m1./s1. The van der Waals surface area contributed by atoms with E-state index in [1.165, 1.54) is 11.3 Å². The monoisotopic (exact) mass is 488 g/mol. The predicted octanol–water partition coefficient (Wildman–Crippen LogP) is 4.68. The smallest absolute Gasteiger partial charge is 0.157 e. The van der Waals surface area contributed by atoms with Gasteiger partial charge in [-0.15, -0.1) is 5.10 Å². The number of nitrogens with one attached hydrogen (secondary N) is 1. The second-order valence-corrected chi connectivity index (χ2v) is 9.39. The van der Waals surface area contributed by atoms with Crippen LogP contribution < -0.4 is 15.8 Å². The zero-order valence-electron chi connectivity index (χ0n) is 23.7. The van der Waals surface area contributed by atoms with Crippen molar-refractivity contribution in [2.24, 2.45) is 0 Å². The van der Waals surface area contributed by atoms with E-state index < -0.39 is 0 Å². The number of benzene rings is 1. The largest absolute Gasteiger partial charge is 0.369 e. The first-order chi connectivity index (χ1) is 17.3. The summed E-state index contributed by atoms with van der Waals surface area (Å²) in [5.74, 6) is 0.771. The highest BCUT2D eigenvalue weighted by atomic mass is 15.2. The van der Waals surface area contributed by atoms with E-state index in [0.717, 1.165) is 65.7 Å². The van der Waals surface area contributed by atoms with Crippen LogP contribution in [0.1, 0.15) is 76.4 Å². The van der Waals surface area contributed by atoms with Crippen LogP contribution in [0.4, 0.5) is 5.82 Å². The Morgan fingerprint density at radius 3 is 2.39 bits per heavy atom. The quantitative estimate of drug-likeness (QED) is 0.637. The van der Waals surface area contributed by atoms with Crippen LogP contribution in [0.2, 0.25) is 0 Å². The summed E-state index contributed by atoms with van der Waals surface area (Å²) in [5, 5.41) is 24.4. The summed E-state index contributed by atoms with van der Waals surface area (Å²) >= 11 is 0. The first kappa shape index (κ1) is 29.1. The van der Waals surface area contributed by atoms with E-state index in [4.69, 9.17) is 0 Å². The first-order valence-electron chi connectivity index (χ1n) is 13.2. The van der Waals surface area contributed by atoms with Gasteiger partial charge in [-0.2, -0.15) is 10.4 Å². The van der Waals surface area contributed by atoms with E-state index in [1.54, 1.807) is 0 Å². The van der Waals surface area contributed by atoms with Crippen molar-refractivity contribution < 1.29 is 0 Å². The minimum atomic E-state index is -0.0234. The molecule has 0 amide bonds. The lowest BCUT2D eigenvalue weighted by atomic mass is 9.98. The summed E-state index contributed by atoms with van der Waals surface area (Å²) in [5.41, 5.74) is 6.18. The third kappa shape index (κ3) is 6.95. The molecule has 2 heterocycles. The number of anilines is 1. The SMILES string of the molecule is CC.CC/C=C(/C=c1/c(N[C@H](C)c2cccc(C#N)c2C)nnc(C)c1=C(C)C)N1CCN(C)CC1. The van der Waals surface area contributed by atoms with Crippen LogP contribution in [-0.2, 0) is 0 Å². The number of hydrogen-bond donors (Lipinski definition) is 1. The molecule has 1 aliphatic heterocycles. The van der Waals surface area contributed by atoms with E-state index >= 15 is 0 Å². The molecule has 2 aromatic rings. The molecule has 36 heavy (non-hydrogen) atoms. The van der Waals surface area contributed by atoms with Gasteiger partial charge in [0.1, 0.15) is 0 Å². The zero-order valence-corrected chi connectivity index (χ0v) is 23.7. The van der Waals surface area contributed by atoms with Gasteiger partial charge in [0.15, 0.2) is 5.82 Å². The van der Waals surface area contributed by atoms with E-state index in [9.17, 15) is 5.26 Å². The van der Waals surface area contributed by atoms with Gasteiger partial charge in [-0.1, -0.05) is 44.6 Å². The fourth-order valence-corrected chi connectivity index (χ4v) is 4.65. The minimum absolute atomic E-state index is 0.0234. The summed E-state index contributed by atoms with van der Waals surface area (Å²) in [6.45, 7) is 20.7. The van der Waals surface area contributed by atoms with Crippen LogP contribution in [0, 0.1) is 25.2 Å². The fraction of sp³-hybridized carbons (Fsp3) is 0.500. The molecule has 194 valence electrons. The van der Waals surface area contributed by atoms with E-state index in [-0.39, 0.29) is 6.04 Å². The van der Waals surface area contributed by atoms with Crippen molar-refractivity contribution in [2.75, 3.05) is 38.5 Å². The highest BCUT2D eigenvalue weighted by molar-refractivity contribution is 5.57. The number of aromatic nitrogens is 2. The molecule has 0 radical (unpaired) electrons. The number of piperazine rings is 1. The lowest BCUT2D eigenvalue weighted by Gasteiger charge is -2.34. The molecule has 1 N–H and O–H groups in total. The van der Waals surface area contributed by atoms with E-state index in [2.05, 4.69) is 84.3 Å². The van der Waals surface area contributed by atoms with Crippen molar-refractivity contribution in [2.45, 2.75) is 67.9 Å². The summed E-state index contributed by atoms with van der Waals surface area (Å²) in [7, 11) is 2.18. The van der Waals surface area contributed by atoms with Crippen molar-refractivity contribution in [3.05, 3.63) is 62.8 Å². The highest BCUT2D eigenvalue weighted by Gasteiger charge is 2.17. The molecular weight excluding hydrogens is 444 g/mol. The summed E-state index contributed by atoms with van der Waals surface area (Å²) in [6, 6.07) is 8.15. The Balaban J connectivity index is 0.00000222. The van der Waals surface area contributed by atoms with Crippen LogP contribution in [-0.4, -0.2) is 53.2 Å². The number of aryl methyl sites for hydroxylation is 1. The number of allylic oxidation sites excluding steroid dienone is 2. The Hall–Kier alpha value is -3.17. The Morgan fingerprint density at radius 1 is 1.14 bits per heavy atom. The Bertz CT molecular complexity index is 1210. The molecule has 0 saturated carbocycles. The maximum atomic E-state index is 9.46. The number of hydrogen-bond acceptors (Lipinski definition) is 6. The van der Waals surface area contributed by atoms with Crippen molar-refractivity contribution in [1.82, 2.24) is 20.0 Å². The molecule has 1 aliphatic rings. The van der Waals surface area contributed by atoms with Gasteiger partial charge < -0.3 is 15.1 Å². The topological polar surface area (TPSA) is 68.1 Å². The molecule has 0 unspecified atom stereocenters. The maximum absolute atomic E-state index is 9.46. The Kier molecular flexibility index (Phi) is 11.1. The van der Waals surface area contributed by atoms with Gasteiger partial charge in [0.25, 0.3) is 0 Å². The molecule has 0 spiro atoms. The summed E-state index contributed by atoms with van der Waals surface area (Å²) in [6.07, 6.45) is 5.56. The Morgan fingerprint density at radius 2 is 1.81 bits per heavy atom. The average Bonchev–Trinajstić information content (AvgIpc) is 2.87. The van der Waals surface area contributed by atoms with Crippen LogP contribution in [0.25, 0.3) is 11.6 Å². The number of nitrogens with zero attached hydrogens (tertiary/aromatic N) is 5. The third-order valence-corrected chi connectivity index (χ3v) is 6.58. The van der Waals surface area contributed by atoms with Crippen LogP contribution in [0.3, 0.4) is 0 Å². The molecule has 6 heteroatoms. The molecule has 1 atom stereocenters. The van der Waals surface area contributed by atoms with Gasteiger partial charge in [-0.25, -0.2) is 0 Å². The molecule has 1 aromatic heterocycles. The van der Waals surface area contributed by atoms with Crippen molar-refractivity contribution >= 4 is 17.5 Å². The van der Waals surface area contributed by atoms with Crippen LogP contribution >= 0.6 is 0 Å². The van der Waals surface area contributed by atoms with Crippen molar-refractivity contribution in [3.63, 3.8) is 0 Å². The van der Waals surface area contributed by atoms with Gasteiger partial charge in [0, 0.05) is 42.3 Å². The van der Waals surface area contributed by atoms with Gasteiger partial charge in [0.05, 0.1) is 23.4 Å². The van der Waals surface area contributed by atoms with Gasteiger partial charge in [0.2, 0.25) is 0 Å². The van der Waals surface area contributed by atoms with Crippen molar-refractivity contribution in [3.8, 4) is 6.07 Å². The van der Waals surface area contributed by atoms with E-state index in [0.29, 0.717) is 5.56 Å². The third-order valence-electron chi connectivity index (χ3n) is 6.58. The lowest BCUT2D eigenvalue weighted by molar-refractivity contribution is 0.191. The zero-order chi connectivity index (χ0) is 26.8. The molecule has 0 aliphatic carbocycles. The predicted molar refractivity (Wildman–Crippen MR) is 152 cm³/mol. The normalized spacial score (nSPS) is 15.6. The lowest BCUT2D eigenvalue weighted by Crippen LogP contribution is -2.44. The van der Waals surface area contributed by atoms with Crippen LogP contribution in [0.15, 0.2) is 30.0 Å². The molecule has 3 rings (SSSR count). The molecular formula is C30H44N6. The molecule has 1 aromatic carbocycles. The number of nitriles is 1. The second kappa shape index (κ2) is 13.8. The average molecular weight is 489 g/mol. The molecule has 1 fully saturated rings. The Labute approximate surface area is 218 Å². The van der Waals surface area contributed by atoms with Gasteiger partial charge in [-0.05, 0) is 71.4 Å². The molecule has 6 nitrogen and oxygen atoms in total. The summed E-state index contributed by atoms with van der Waals surface area (Å²) in [4.78, 5) is 4.85. The highest BCUT2D eigenvalue weighted by Crippen LogP contribution is 2.22. The second-order valence-electron chi connectivity index (χ2n) is 9.39.